The van der Waals surface area contributed by atoms with Crippen molar-refractivity contribution in [3.8, 4) is 0 Å². The van der Waals surface area contributed by atoms with Gasteiger partial charge in [0, 0.05) is 26.0 Å². The van der Waals surface area contributed by atoms with Gasteiger partial charge in [-0.3, -0.25) is 10.1 Å². The van der Waals surface area contributed by atoms with E-state index in [2.05, 4.69) is 15.4 Å². The Morgan fingerprint density at radius 1 is 1.29 bits per heavy atom. The van der Waals surface area contributed by atoms with Crippen molar-refractivity contribution >= 4 is 11.5 Å². The molecule has 0 aliphatic rings. The van der Waals surface area contributed by atoms with Crippen molar-refractivity contribution < 1.29 is 4.92 Å². The van der Waals surface area contributed by atoms with Gasteiger partial charge in [-0.25, -0.2) is 9.67 Å². The molecular weight excluding hydrogens is 308 g/mol. The summed E-state index contributed by atoms with van der Waals surface area (Å²) >= 11 is 0. The Bertz CT molecular complexity index is 853. The molecule has 0 amide bonds. The molecular formula is C16H18N6O2. The maximum absolute atomic E-state index is 11.2. The normalized spacial score (nSPS) is 10.8. The van der Waals surface area contributed by atoms with E-state index in [1.54, 1.807) is 20.2 Å². The van der Waals surface area contributed by atoms with Gasteiger partial charge in [0.25, 0.3) is 0 Å². The molecule has 24 heavy (non-hydrogen) atoms. The first-order chi connectivity index (χ1) is 11.6. The summed E-state index contributed by atoms with van der Waals surface area (Å²) < 4.78 is 3.50. The number of imidazole rings is 1. The van der Waals surface area contributed by atoms with Crippen molar-refractivity contribution in [2.24, 2.45) is 7.05 Å². The molecule has 0 fully saturated rings. The zero-order valence-corrected chi connectivity index (χ0v) is 13.5. The molecule has 0 bridgehead atoms. The first-order valence-electron chi connectivity index (χ1n) is 7.52. The van der Waals surface area contributed by atoms with E-state index >= 15 is 0 Å². The van der Waals surface area contributed by atoms with E-state index in [0.717, 1.165) is 5.82 Å². The summed E-state index contributed by atoms with van der Waals surface area (Å²) in [7, 11) is 1.68. The summed E-state index contributed by atoms with van der Waals surface area (Å²) in [5.74, 6) is 1.18. The molecule has 1 aromatic carbocycles. The number of benzene rings is 1. The second-order valence-corrected chi connectivity index (χ2v) is 5.47. The minimum absolute atomic E-state index is 0.00124. The van der Waals surface area contributed by atoms with Crippen LogP contribution in [0.2, 0.25) is 0 Å². The Labute approximate surface area is 138 Å². The average Bonchev–Trinajstić information content (AvgIpc) is 3.09. The average molecular weight is 326 g/mol. The maximum Gasteiger partial charge on any atom is 0.333 e. The molecule has 0 unspecified atom stereocenters. The molecule has 0 spiro atoms. The van der Waals surface area contributed by atoms with Gasteiger partial charge in [-0.05, 0) is 12.5 Å². The zero-order chi connectivity index (χ0) is 17.1. The number of hydrogen-bond acceptors (Lipinski definition) is 5. The van der Waals surface area contributed by atoms with Crippen LogP contribution in [-0.4, -0.2) is 24.3 Å². The van der Waals surface area contributed by atoms with E-state index in [-0.39, 0.29) is 5.69 Å². The number of rotatable bonds is 6. The van der Waals surface area contributed by atoms with Crippen molar-refractivity contribution in [1.82, 2.24) is 19.3 Å². The van der Waals surface area contributed by atoms with Crippen molar-refractivity contribution in [2.75, 3.05) is 5.32 Å². The molecule has 2 heterocycles. The number of aromatic nitrogens is 4. The predicted octanol–water partition coefficient (Wildman–Crippen LogP) is 2.49. The third kappa shape index (κ3) is 3.12. The summed E-state index contributed by atoms with van der Waals surface area (Å²) in [6.45, 7) is 2.70. The van der Waals surface area contributed by atoms with Gasteiger partial charge in [0.15, 0.2) is 0 Å². The van der Waals surface area contributed by atoms with Gasteiger partial charge in [0.2, 0.25) is 5.82 Å². The van der Waals surface area contributed by atoms with Crippen LogP contribution in [-0.2, 0) is 20.1 Å². The van der Waals surface area contributed by atoms with Crippen molar-refractivity contribution in [1.29, 1.82) is 0 Å². The van der Waals surface area contributed by atoms with Crippen LogP contribution in [0.5, 0.6) is 0 Å². The lowest BCUT2D eigenvalue weighted by Crippen LogP contribution is -2.12. The lowest BCUT2D eigenvalue weighted by atomic mass is 10.2. The highest BCUT2D eigenvalue weighted by Crippen LogP contribution is 2.27. The summed E-state index contributed by atoms with van der Waals surface area (Å²) in [6, 6.07) is 10.1. The van der Waals surface area contributed by atoms with Crippen LogP contribution < -0.4 is 5.32 Å². The molecule has 2 aromatic heterocycles. The highest BCUT2D eigenvalue weighted by atomic mass is 16.6. The number of nitrogens with one attached hydrogen (secondary N) is 1. The number of nitro groups is 1. The fraction of sp³-hybridized carbons (Fsp3) is 0.250. The summed E-state index contributed by atoms with van der Waals surface area (Å²) in [5.41, 5.74) is 1.55. The monoisotopic (exact) mass is 326 g/mol. The molecule has 3 aromatic rings. The molecule has 3 rings (SSSR count). The van der Waals surface area contributed by atoms with Crippen LogP contribution >= 0.6 is 0 Å². The van der Waals surface area contributed by atoms with E-state index in [1.807, 2.05) is 41.1 Å². The number of anilines is 1. The molecule has 0 radical (unpaired) electrons. The number of hydrogen-bond donors (Lipinski definition) is 1. The Hall–Kier alpha value is -3.16. The Balaban J connectivity index is 1.77. The van der Waals surface area contributed by atoms with Gasteiger partial charge in [-0.1, -0.05) is 30.3 Å². The Kier molecular flexibility index (Phi) is 4.28. The largest absolute Gasteiger partial charge is 0.357 e. The van der Waals surface area contributed by atoms with Crippen molar-refractivity contribution in [2.45, 2.75) is 20.0 Å². The van der Waals surface area contributed by atoms with E-state index in [4.69, 9.17) is 0 Å². The molecule has 8 nitrogen and oxygen atoms in total. The van der Waals surface area contributed by atoms with Crippen LogP contribution in [0.1, 0.15) is 17.1 Å². The van der Waals surface area contributed by atoms with Crippen molar-refractivity contribution in [3.63, 3.8) is 0 Å². The summed E-state index contributed by atoms with van der Waals surface area (Å²) in [5, 5.41) is 18.4. The molecule has 8 heteroatoms. The highest BCUT2D eigenvalue weighted by molar-refractivity contribution is 5.59. The van der Waals surface area contributed by atoms with E-state index in [0.29, 0.717) is 24.6 Å². The van der Waals surface area contributed by atoms with E-state index in [9.17, 15) is 10.1 Å². The van der Waals surface area contributed by atoms with Gasteiger partial charge >= 0.3 is 5.69 Å². The third-order valence-electron chi connectivity index (χ3n) is 3.78. The molecule has 0 atom stereocenters. The fourth-order valence-electron chi connectivity index (χ4n) is 2.66. The summed E-state index contributed by atoms with van der Waals surface area (Å²) in [4.78, 5) is 15.1. The lowest BCUT2D eigenvalue weighted by Gasteiger charge is -2.10. The first kappa shape index (κ1) is 15.7. The second-order valence-electron chi connectivity index (χ2n) is 5.47. The first-order valence-corrected chi connectivity index (χ1v) is 7.52. The van der Waals surface area contributed by atoms with Crippen LogP contribution in [0.25, 0.3) is 0 Å². The van der Waals surface area contributed by atoms with Crippen LogP contribution in [0.15, 0.2) is 42.7 Å². The SMILES string of the molecule is Cc1nn(C)c(NCc2nccn2Cc2ccccc2)c1[N+](=O)[O-]. The predicted molar refractivity (Wildman–Crippen MR) is 89.7 cm³/mol. The Morgan fingerprint density at radius 2 is 2.04 bits per heavy atom. The molecule has 0 saturated carbocycles. The van der Waals surface area contributed by atoms with Gasteiger partial charge in [0.1, 0.15) is 11.5 Å². The van der Waals surface area contributed by atoms with Crippen LogP contribution in [0.4, 0.5) is 11.5 Å². The molecule has 0 saturated heterocycles. The van der Waals surface area contributed by atoms with Gasteiger partial charge in [-0.2, -0.15) is 5.10 Å². The van der Waals surface area contributed by atoms with Gasteiger partial charge in [-0.15, -0.1) is 0 Å². The smallest absolute Gasteiger partial charge is 0.333 e. The highest BCUT2D eigenvalue weighted by Gasteiger charge is 2.23. The molecule has 0 aliphatic carbocycles. The zero-order valence-electron chi connectivity index (χ0n) is 13.5. The quantitative estimate of drug-likeness (QED) is 0.555. The van der Waals surface area contributed by atoms with Crippen LogP contribution in [0.3, 0.4) is 0 Å². The summed E-state index contributed by atoms with van der Waals surface area (Å²) in [6.07, 6.45) is 3.62. The topological polar surface area (TPSA) is 90.8 Å². The molecule has 1 N–H and O–H groups in total. The maximum atomic E-state index is 11.2. The van der Waals surface area contributed by atoms with Crippen molar-refractivity contribution in [3.05, 3.63) is 69.9 Å². The van der Waals surface area contributed by atoms with Crippen LogP contribution in [0, 0.1) is 17.0 Å². The molecule has 124 valence electrons. The van der Waals surface area contributed by atoms with Gasteiger partial charge in [0.05, 0.1) is 11.5 Å². The third-order valence-corrected chi connectivity index (χ3v) is 3.78. The number of nitrogens with zero attached hydrogens (tertiary/aromatic N) is 5. The van der Waals surface area contributed by atoms with Gasteiger partial charge < -0.3 is 9.88 Å². The minimum atomic E-state index is -0.416. The molecule has 0 aliphatic heterocycles. The second kappa shape index (κ2) is 6.53. The Morgan fingerprint density at radius 3 is 2.75 bits per heavy atom. The van der Waals surface area contributed by atoms with E-state index < -0.39 is 4.92 Å². The minimum Gasteiger partial charge on any atom is -0.357 e. The number of aryl methyl sites for hydroxylation is 2. The van der Waals surface area contributed by atoms with E-state index in [1.165, 1.54) is 10.2 Å². The lowest BCUT2D eigenvalue weighted by molar-refractivity contribution is -0.384. The standard InChI is InChI=1S/C16H18N6O2/c1-12-15(22(23)24)16(20(2)19-12)18-10-14-17-8-9-21(14)11-13-6-4-3-5-7-13/h3-9,18H,10-11H2,1-2H3. The fourth-order valence-corrected chi connectivity index (χ4v) is 2.66.